The number of aliphatic carboxylic acids is 1. The molecule has 1 N–H and O–H groups in total. The molecule has 1 aliphatic carbocycles. The topological polar surface area (TPSA) is 37.3 Å². The Kier molecular flexibility index (Phi) is 2.99. The van der Waals surface area contributed by atoms with Crippen LogP contribution in [-0.4, -0.2) is 11.1 Å². The van der Waals surface area contributed by atoms with E-state index in [1.165, 1.54) is 6.42 Å². The fourth-order valence-electron chi connectivity index (χ4n) is 2.30. The van der Waals surface area contributed by atoms with Gasteiger partial charge in [-0.2, -0.15) is 0 Å². The first-order chi connectivity index (χ1) is 5.96. The second-order valence-electron chi connectivity index (χ2n) is 4.97. The summed E-state index contributed by atoms with van der Waals surface area (Å²) in [6.07, 6.45) is 4.00. The van der Waals surface area contributed by atoms with Crippen LogP contribution in [0.2, 0.25) is 0 Å². The van der Waals surface area contributed by atoms with Gasteiger partial charge in [0.05, 0.1) is 5.41 Å². The maximum absolute atomic E-state index is 11.0. The van der Waals surface area contributed by atoms with E-state index in [2.05, 4.69) is 13.8 Å². The summed E-state index contributed by atoms with van der Waals surface area (Å²) in [6, 6.07) is 0. The first kappa shape index (κ1) is 10.6. The predicted octanol–water partition coefficient (Wildman–Crippen LogP) is 2.92. The Balaban J connectivity index is 2.65. The van der Waals surface area contributed by atoms with E-state index in [9.17, 15) is 4.79 Å². The molecule has 0 aromatic rings. The van der Waals surface area contributed by atoms with E-state index in [0.717, 1.165) is 19.3 Å². The number of hydrogen-bond acceptors (Lipinski definition) is 1. The summed E-state index contributed by atoms with van der Waals surface area (Å²) < 4.78 is 0. The molecule has 0 aromatic heterocycles. The minimum Gasteiger partial charge on any atom is -0.481 e. The quantitative estimate of drug-likeness (QED) is 0.716. The van der Waals surface area contributed by atoms with Crippen molar-refractivity contribution in [2.24, 2.45) is 17.3 Å². The summed E-state index contributed by atoms with van der Waals surface area (Å²) in [7, 11) is 0. The van der Waals surface area contributed by atoms with Crippen LogP contribution in [0.1, 0.15) is 46.5 Å². The summed E-state index contributed by atoms with van der Waals surface area (Å²) in [5.74, 6) is 0.617. The molecule has 0 amide bonds. The summed E-state index contributed by atoms with van der Waals surface area (Å²) in [5, 5.41) is 9.10. The van der Waals surface area contributed by atoms with Gasteiger partial charge >= 0.3 is 5.97 Å². The summed E-state index contributed by atoms with van der Waals surface area (Å²) >= 11 is 0. The molecule has 1 fully saturated rings. The standard InChI is InChI=1S/C11H20O2/c1-8(2)9-5-4-6-11(3,7-9)10(12)13/h8-9H,4-7H2,1-3H3,(H,12,13). The van der Waals surface area contributed by atoms with Crippen LogP contribution in [0.4, 0.5) is 0 Å². The van der Waals surface area contributed by atoms with Gasteiger partial charge in [-0.25, -0.2) is 0 Å². The molecule has 0 radical (unpaired) electrons. The van der Waals surface area contributed by atoms with E-state index in [1.54, 1.807) is 0 Å². The molecule has 2 unspecified atom stereocenters. The first-order valence-corrected chi connectivity index (χ1v) is 5.19. The molecule has 76 valence electrons. The van der Waals surface area contributed by atoms with Crippen LogP contribution < -0.4 is 0 Å². The highest BCUT2D eigenvalue weighted by Gasteiger charge is 2.39. The minimum absolute atomic E-state index is 0.451. The first-order valence-electron chi connectivity index (χ1n) is 5.19. The second-order valence-corrected chi connectivity index (χ2v) is 4.97. The lowest BCUT2D eigenvalue weighted by Crippen LogP contribution is -2.35. The lowest BCUT2D eigenvalue weighted by molar-refractivity contribution is -0.151. The number of carboxylic acid groups (broad SMARTS) is 1. The molecule has 13 heavy (non-hydrogen) atoms. The Morgan fingerprint density at radius 2 is 2.15 bits per heavy atom. The van der Waals surface area contributed by atoms with E-state index in [4.69, 9.17) is 5.11 Å². The van der Waals surface area contributed by atoms with Crippen molar-refractivity contribution in [2.75, 3.05) is 0 Å². The van der Waals surface area contributed by atoms with Crippen LogP contribution in [0.15, 0.2) is 0 Å². The average Bonchev–Trinajstić information content (AvgIpc) is 2.04. The summed E-state index contributed by atoms with van der Waals surface area (Å²) in [4.78, 5) is 11.0. The maximum atomic E-state index is 11.0. The van der Waals surface area contributed by atoms with Crippen molar-refractivity contribution in [2.45, 2.75) is 46.5 Å². The van der Waals surface area contributed by atoms with Crippen molar-refractivity contribution in [1.82, 2.24) is 0 Å². The number of carboxylic acids is 1. The predicted molar refractivity (Wildman–Crippen MR) is 52.5 cm³/mol. The second kappa shape index (κ2) is 3.69. The van der Waals surface area contributed by atoms with Crippen molar-refractivity contribution in [3.63, 3.8) is 0 Å². The Morgan fingerprint density at radius 1 is 1.54 bits per heavy atom. The SMILES string of the molecule is CC(C)C1CCCC(C)(C(=O)O)C1. The zero-order valence-electron chi connectivity index (χ0n) is 8.84. The van der Waals surface area contributed by atoms with Crippen LogP contribution in [0.25, 0.3) is 0 Å². The molecular formula is C11H20O2. The third-order valence-electron chi connectivity index (χ3n) is 3.48. The van der Waals surface area contributed by atoms with Gasteiger partial charge in [0.25, 0.3) is 0 Å². The van der Waals surface area contributed by atoms with Gasteiger partial charge in [0.1, 0.15) is 0 Å². The maximum Gasteiger partial charge on any atom is 0.309 e. The van der Waals surface area contributed by atoms with Crippen LogP contribution in [0.5, 0.6) is 0 Å². The van der Waals surface area contributed by atoms with Gasteiger partial charge in [-0.05, 0) is 31.6 Å². The third kappa shape index (κ3) is 2.23. The normalized spacial score (nSPS) is 34.9. The van der Waals surface area contributed by atoms with Crippen LogP contribution >= 0.6 is 0 Å². The highest BCUT2D eigenvalue weighted by atomic mass is 16.4. The molecule has 1 saturated carbocycles. The van der Waals surface area contributed by atoms with E-state index in [0.29, 0.717) is 11.8 Å². The van der Waals surface area contributed by atoms with Gasteiger partial charge in [-0.1, -0.05) is 26.7 Å². The Hall–Kier alpha value is -0.530. The molecule has 0 spiro atoms. The zero-order chi connectivity index (χ0) is 10.1. The van der Waals surface area contributed by atoms with Gasteiger partial charge in [0.15, 0.2) is 0 Å². The van der Waals surface area contributed by atoms with E-state index in [1.807, 2.05) is 6.92 Å². The molecule has 2 nitrogen and oxygen atoms in total. The monoisotopic (exact) mass is 184 g/mol. The third-order valence-corrected chi connectivity index (χ3v) is 3.48. The van der Waals surface area contributed by atoms with Gasteiger partial charge in [0, 0.05) is 0 Å². The largest absolute Gasteiger partial charge is 0.481 e. The van der Waals surface area contributed by atoms with Gasteiger partial charge in [0.2, 0.25) is 0 Å². The van der Waals surface area contributed by atoms with E-state index < -0.39 is 11.4 Å². The van der Waals surface area contributed by atoms with Crippen LogP contribution in [-0.2, 0) is 4.79 Å². The average molecular weight is 184 g/mol. The van der Waals surface area contributed by atoms with Crippen molar-refractivity contribution in [3.05, 3.63) is 0 Å². The Morgan fingerprint density at radius 3 is 2.62 bits per heavy atom. The lowest BCUT2D eigenvalue weighted by Gasteiger charge is -2.36. The molecule has 2 heteroatoms. The summed E-state index contributed by atoms with van der Waals surface area (Å²) in [6.45, 7) is 6.28. The zero-order valence-corrected chi connectivity index (χ0v) is 8.84. The smallest absolute Gasteiger partial charge is 0.309 e. The molecule has 0 saturated heterocycles. The van der Waals surface area contributed by atoms with Gasteiger partial charge < -0.3 is 5.11 Å². The summed E-state index contributed by atoms with van der Waals surface area (Å²) in [5.41, 5.74) is -0.451. The van der Waals surface area contributed by atoms with E-state index in [-0.39, 0.29) is 0 Å². The highest BCUT2D eigenvalue weighted by molar-refractivity contribution is 5.74. The van der Waals surface area contributed by atoms with Crippen molar-refractivity contribution in [3.8, 4) is 0 Å². The van der Waals surface area contributed by atoms with Crippen molar-refractivity contribution in [1.29, 1.82) is 0 Å². The van der Waals surface area contributed by atoms with Gasteiger partial charge in [-0.3, -0.25) is 4.79 Å². The number of hydrogen-bond donors (Lipinski definition) is 1. The van der Waals surface area contributed by atoms with Crippen LogP contribution in [0.3, 0.4) is 0 Å². The van der Waals surface area contributed by atoms with Crippen molar-refractivity contribution >= 4 is 5.97 Å². The molecular weight excluding hydrogens is 164 g/mol. The fraction of sp³-hybridized carbons (Fsp3) is 0.909. The van der Waals surface area contributed by atoms with Gasteiger partial charge in [-0.15, -0.1) is 0 Å². The van der Waals surface area contributed by atoms with E-state index >= 15 is 0 Å². The lowest BCUT2D eigenvalue weighted by atomic mass is 9.68. The molecule has 2 atom stereocenters. The molecule has 0 bridgehead atoms. The molecule has 0 aromatic carbocycles. The Labute approximate surface area is 80.3 Å². The minimum atomic E-state index is -0.613. The van der Waals surface area contributed by atoms with Crippen LogP contribution in [0, 0.1) is 17.3 Å². The fourth-order valence-corrected chi connectivity index (χ4v) is 2.30. The molecule has 0 aliphatic heterocycles. The number of carbonyl (C=O) groups is 1. The molecule has 1 rings (SSSR count). The highest BCUT2D eigenvalue weighted by Crippen LogP contribution is 2.41. The Bertz CT molecular complexity index is 198. The number of rotatable bonds is 2. The molecule has 1 aliphatic rings. The molecule has 0 heterocycles. The van der Waals surface area contributed by atoms with Crippen molar-refractivity contribution < 1.29 is 9.90 Å².